The normalized spacial score (nSPS) is 12.3. The molecule has 9 heteroatoms. The molecule has 0 unspecified atom stereocenters. The van der Waals surface area contributed by atoms with Gasteiger partial charge in [0.2, 0.25) is 0 Å². The summed E-state index contributed by atoms with van der Waals surface area (Å²) in [7, 11) is -7.00. The minimum atomic E-state index is -3.62. The van der Waals surface area contributed by atoms with Gasteiger partial charge in [-0.2, -0.15) is 0 Å². The standard InChI is InChI=1S/C20H16N2O4S3/c1-28(23,24)16-5-7-17(8-6-16)29(25,26)13-14-3-2-4-15(11-14)20-22-18-9-10-21-12-19(18)27-20/h2-12H,13H2,1H3. The Kier molecular flexibility index (Phi) is 4.97. The summed E-state index contributed by atoms with van der Waals surface area (Å²) in [6, 6.07) is 14.4. The molecule has 4 aromatic rings. The van der Waals surface area contributed by atoms with Crippen molar-refractivity contribution in [2.24, 2.45) is 0 Å². The van der Waals surface area contributed by atoms with E-state index in [0.29, 0.717) is 5.56 Å². The van der Waals surface area contributed by atoms with Crippen molar-refractivity contribution in [3.63, 3.8) is 0 Å². The summed E-state index contributed by atoms with van der Waals surface area (Å²) in [5, 5.41) is 0.796. The second kappa shape index (κ2) is 7.33. The van der Waals surface area contributed by atoms with Gasteiger partial charge in [-0.25, -0.2) is 21.8 Å². The van der Waals surface area contributed by atoms with Gasteiger partial charge in [0.25, 0.3) is 0 Å². The highest BCUT2D eigenvalue weighted by atomic mass is 32.2. The highest BCUT2D eigenvalue weighted by molar-refractivity contribution is 7.91. The van der Waals surface area contributed by atoms with Gasteiger partial charge in [-0.05, 0) is 42.0 Å². The SMILES string of the molecule is CS(=O)(=O)c1ccc(S(=O)(=O)Cc2cccc(-c3nc4ccncc4s3)c2)cc1. The van der Waals surface area contributed by atoms with Crippen LogP contribution in [0.3, 0.4) is 0 Å². The van der Waals surface area contributed by atoms with Crippen LogP contribution in [0.4, 0.5) is 0 Å². The van der Waals surface area contributed by atoms with E-state index < -0.39 is 19.7 Å². The summed E-state index contributed by atoms with van der Waals surface area (Å²) in [4.78, 5) is 8.85. The molecule has 0 aliphatic rings. The molecule has 0 saturated carbocycles. The number of aromatic nitrogens is 2. The topological polar surface area (TPSA) is 94.1 Å². The van der Waals surface area contributed by atoms with Crippen LogP contribution in [0, 0.1) is 0 Å². The van der Waals surface area contributed by atoms with E-state index in [-0.39, 0.29) is 15.5 Å². The van der Waals surface area contributed by atoms with E-state index in [1.165, 1.54) is 35.6 Å². The number of fused-ring (bicyclic) bond motifs is 1. The van der Waals surface area contributed by atoms with Gasteiger partial charge in [0, 0.05) is 24.2 Å². The van der Waals surface area contributed by atoms with Gasteiger partial charge >= 0.3 is 0 Å². The monoisotopic (exact) mass is 444 g/mol. The van der Waals surface area contributed by atoms with Crippen molar-refractivity contribution in [2.45, 2.75) is 15.5 Å². The molecule has 0 bridgehead atoms. The third-order valence-electron chi connectivity index (χ3n) is 4.33. The van der Waals surface area contributed by atoms with Crippen LogP contribution >= 0.6 is 11.3 Å². The molecule has 0 aliphatic heterocycles. The first kappa shape index (κ1) is 19.7. The van der Waals surface area contributed by atoms with Crippen LogP contribution in [0.1, 0.15) is 5.56 Å². The van der Waals surface area contributed by atoms with E-state index in [1.54, 1.807) is 24.5 Å². The Bertz CT molecular complexity index is 1370. The van der Waals surface area contributed by atoms with Gasteiger partial charge in [-0.3, -0.25) is 4.98 Å². The number of thiazole rings is 1. The summed E-state index contributed by atoms with van der Waals surface area (Å²) < 4.78 is 49.7. The maximum atomic E-state index is 12.8. The summed E-state index contributed by atoms with van der Waals surface area (Å²) in [6.07, 6.45) is 4.52. The van der Waals surface area contributed by atoms with E-state index >= 15 is 0 Å². The zero-order chi connectivity index (χ0) is 20.6. The minimum absolute atomic E-state index is 0.0846. The Labute approximate surface area is 172 Å². The molecule has 0 fully saturated rings. The first-order valence-corrected chi connectivity index (χ1v) is 12.9. The van der Waals surface area contributed by atoms with E-state index in [0.717, 1.165) is 27.0 Å². The maximum Gasteiger partial charge on any atom is 0.182 e. The minimum Gasteiger partial charge on any atom is -0.263 e. The van der Waals surface area contributed by atoms with E-state index in [4.69, 9.17) is 0 Å². The lowest BCUT2D eigenvalue weighted by Gasteiger charge is -2.07. The summed E-state index contributed by atoms with van der Waals surface area (Å²) >= 11 is 1.50. The van der Waals surface area contributed by atoms with Crippen molar-refractivity contribution in [3.05, 3.63) is 72.6 Å². The lowest BCUT2D eigenvalue weighted by atomic mass is 10.1. The number of rotatable bonds is 5. The van der Waals surface area contributed by atoms with Crippen molar-refractivity contribution in [1.29, 1.82) is 0 Å². The Hall–Kier alpha value is -2.62. The van der Waals surface area contributed by atoms with Crippen molar-refractivity contribution >= 4 is 41.2 Å². The molecule has 148 valence electrons. The molecule has 6 nitrogen and oxygen atoms in total. The van der Waals surface area contributed by atoms with Crippen LogP contribution in [0.15, 0.2) is 76.8 Å². The summed E-state index contributed by atoms with van der Waals surface area (Å²) in [5.41, 5.74) is 2.32. The molecule has 0 aliphatic carbocycles. The second-order valence-corrected chi connectivity index (χ2v) is 11.6. The van der Waals surface area contributed by atoms with E-state index in [1.807, 2.05) is 18.2 Å². The molecule has 0 N–H and O–H groups in total. The number of hydrogen-bond acceptors (Lipinski definition) is 7. The van der Waals surface area contributed by atoms with Crippen LogP contribution < -0.4 is 0 Å². The number of pyridine rings is 1. The fourth-order valence-corrected chi connectivity index (χ4v) is 5.79. The molecule has 2 aromatic carbocycles. The molecule has 0 spiro atoms. The lowest BCUT2D eigenvalue weighted by Crippen LogP contribution is -2.06. The van der Waals surface area contributed by atoms with Crippen molar-refractivity contribution in [3.8, 4) is 10.6 Å². The smallest absolute Gasteiger partial charge is 0.182 e. The Balaban J connectivity index is 1.63. The van der Waals surface area contributed by atoms with Crippen molar-refractivity contribution < 1.29 is 16.8 Å². The van der Waals surface area contributed by atoms with Crippen molar-refractivity contribution in [1.82, 2.24) is 9.97 Å². The quantitative estimate of drug-likeness (QED) is 0.465. The van der Waals surface area contributed by atoms with Gasteiger partial charge in [0.15, 0.2) is 19.7 Å². The van der Waals surface area contributed by atoms with Crippen LogP contribution in [0.5, 0.6) is 0 Å². The van der Waals surface area contributed by atoms with Gasteiger partial charge in [-0.1, -0.05) is 18.2 Å². The zero-order valence-corrected chi connectivity index (χ0v) is 17.8. The van der Waals surface area contributed by atoms with Crippen LogP contribution in [0.25, 0.3) is 20.8 Å². The molecule has 4 rings (SSSR count). The highest BCUT2D eigenvalue weighted by Crippen LogP contribution is 2.30. The summed E-state index contributed by atoms with van der Waals surface area (Å²) in [6.45, 7) is 0. The second-order valence-electron chi connectivity index (χ2n) is 6.57. The average Bonchev–Trinajstić information content (AvgIpc) is 3.12. The summed E-state index contributed by atoms with van der Waals surface area (Å²) in [5.74, 6) is -0.189. The van der Waals surface area contributed by atoms with Crippen LogP contribution in [-0.4, -0.2) is 33.1 Å². The van der Waals surface area contributed by atoms with Gasteiger partial charge in [-0.15, -0.1) is 11.3 Å². The maximum absolute atomic E-state index is 12.8. The Morgan fingerprint density at radius 1 is 0.931 bits per heavy atom. The van der Waals surface area contributed by atoms with E-state index in [2.05, 4.69) is 9.97 Å². The van der Waals surface area contributed by atoms with Gasteiger partial charge in [0.1, 0.15) is 5.01 Å². The molecule has 29 heavy (non-hydrogen) atoms. The largest absolute Gasteiger partial charge is 0.263 e. The Morgan fingerprint density at radius 2 is 1.66 bits per heavy atom. The molecule has 0 radical (unpaired) electrons. The lowest BCUT2D eigenvalue weighted by molar-refractivity contribution is 0.593. The van der Waals surface area contributed by atoms with Gasteiger partial charge < -0.3 is 0 Å². The average molecular weight is 445 g/mol. The zero-order valence-electron chi connectivity index (χ0n) is 15.3. The number of nitrogens with zero attached hydrogens (tertiary/aromatic N) is 2. The first-order valence-electron chi connectivity index (χ1n) is 8.55. The van der Waals surface area contributed by atoms with E-state index in [9.17, 15) is 16.8 Å². The van der Waals surface area contributed by atoms with Crippen LogP contribution in [-0.2, 0) is 25.4 Å². The predicted molar refractivity (Wildman–Crippen MR) is 113 cm³/mol. The van der Waals surface area contributed by atoms with Gasteiger partial charge in [0.05, 0.1) is 25.8 Å². The van der Waals surface area contributed by atoms with Crippen LogP contribution in [0.2, 0.25) is 0 Å². The fraction of sp³-hybridized carbons (Fsp3) is 0.100. The number of sulfone groups is 2. The highest BCUT2D eigenvalue weighted by Gasteiger charge is 2.17. The molecule has 0 amide bonds. The fourth-order valence-electron chi connectivity index (χ4n) is 2.89. The third-order valence-corrected chi connectivity index (χ3v) is 8.22. The number of hydrogen-bond donors (Lipinski definition) is 0. The molecule has 0 atom stereocenters. The Morgan fingerprint density at radius 3 is 2.34 bits per heavy atom. The molecular weight excluding hydrogens is 428 g/mol. The third kappa shape index (κ3) is 4.21. The molecule has 0 saturated heterocycles. The first-order chi connectivity index (χ1) is 13.7. The predicted octanol–water partition coefficient (Wildman–Crippen LogP) is 3.74. The number of benzene rings is 2. The molecule has 2 aromatic heterocycles. The molecule has 2 heterocycles. The molecular formula is C20H16N2O4S3. The van der Waals surface area contributed by atoms with Crippen molar-refractivity contribution in [2.75, 3.05) is 6.26 Å².